The molecule has 0 amide bonds. The number of carbonyl (C=O) groups excluding carboxylic acids is 1. The normalized spacial score (nSPS) is 13.2. The van der Waals surface area contributed by atoms with Gasteiger partial charge in [0.05, 0.1) is 0 Å². The molecule has 4 nitrogen and oxygen atoms in total. The molecular formula is C12H24O4Si. The average Bonchev–Trinajstić information content (AvgIpc) is 2.29. The second kappa shape index (κ2) is 8.44. The van der Waals surface area contributed by atoms with Crippen LogP contribution in [-0.4, -0.2) is 33.5 Å². The summed E-state index contributed by atoms with van der Waals surface area (Å²) in [6, 6.07) is 0. The highest BCUT2D eigenvalue weighted by molar-refractivity contribution is 6.67. The quantitative estimate of drug-likeness (QED) is 0.363. The van der Waals surface area contributed by atoms with Gasteiger partial charge in [-0.3, -0.25) is 0 Å². The summed E-state index contributed by atoms with van der Waals surface area (Å²) in [5.41, 5.74) is -0.280. The minimum Gasteiger partial charge on any atom is -0.457 e. The van der Waals surface area contributed by atoms with E-state index in [1.807, 2.05) is 27.3 Å². The Labute approximate surface area is 105 Å². The van der Waals surface area contributed by atoms with Crippen molar-refractivity contribution in [2.75, 3.05) is 13.2 Å². The van der Waals surface area contributed by atoms with Crippen molar-refractivity contribution in [2.45, 2.75) is 45.9 Å². The fourth-order valence-corrected chi connectivity index (χ4v) is 4.42. The molecule has 0 rings (SSSR count). The first-order valence-electron chi connectivity index (χ1n) is 6.14. The molecule has 0 aliphatic carbocycles. The predicted octanol–water partition coefficient (Wildman–Crippen LogP) is 2.57. The minimum atomic E-state index is -2.47. The molecule has 0 aliphatic heterocycles. The highest BCUT2D eigenvalue weighted by Gasteiger charge is 2.43. The van der Waals surface area contributed by atoms with Gasteiger partial charge in [-0.1, -0.05) is 19.9 Å². The van der Waals surface area contributed by atoms with Gasteiger partial charge in [0, 0.05) is 19.3 Å². The van der Waals surface area contributed by atoms with E-state index in [1.54, 1.807) is 0 Å². The van der Waals surface area contributed by atoms with Crippen molar-refractivity contribution in [1.29, 1.82) is 0 Å². The summed E-state index contributed by atoms with van der Waals surface area (Å²) in [7, 11) is -2.47. The maximum Gasteiger partial charge on any atom is 0.377 e. The van der Waals surface area contributed by atoms with Gasteiger partial charge < -0.3 is 13.6 Å². The van der Waals surface area contributed by atoms with Gasteiger partial charge in [-0.15, -0.1) is 0 Å². The van der Waals surface area contributed by atoms with Gasteiger partial charge in [0.2, 0.25) is 0 Å². The zero-order valence-corrected chi connectivity index (χ0v) is 12.3. The minimum absolute atomic E-state index is 0.280. The van der Waals surface area contributed by atoms with E-state index in [4.69, 9.17) is 13.6 Å². The lowest BCUT2D eigenvalue weighted by molar-refractivity contribution is -0.141. The molecule has 0 saturated heterocycles. The van der Waals surface area contributed by atoms with Crippen molar-refractivity contribution < 1.29 is 18.4 Å². The largest absolute Gasteiger partial charge is 0.457 e. The zero-order valence-electron chi connectivity index (χ0n) is 11.3. The zero-order chi connectivity index (χ0) is 13.3. The van der Waals surface area contributed by atoms with Crippen molar-refractivity contribution in [3.63, 3.8) is 0 Å². The SMILES string of the molecule is C=CC(=O)OC(CCC)[Si](C)(OCC)OCC. The Morgan fingerprint density at radius 3 is 2.18 bits per heavy atom. The van der Waals surface area contributed by atoms with E-state index in [0.29, 0.717) is 13.2 Å². The summed E-state index contributed by atoms with van der Waals surface area (Å²) in [4.78, 5) is 11.3. The molecule has 100 valence electrons. The Morgan fingerprint density at radius 1 is 1.29 bits per heavy atom. The first-order chi connectivity index (χ1) is 8.03. The third-order valence-electron chi connectivity index (χ3n) is 2.42. The summed E-state index contributed by atoms with van der Waals surface area (Å²) in [6.07, 6.45) is 2.84. The molecule has 0 spiro atoms. The van der Waals surface area contributed by atoms with E-state index < -0.39 is 14.5 Å². The molecule has 0 radical (unpaired) electrons. The van der Waals surface area contributed by atoms with Crippen molar-refractivity contribution in [3.8, 4) is 0 Å². The van der Waals surface area contributed by atoms with Gasteiger partial charge in [0.15, 0.2) is 0 Å². The van der Waals surface area contributed by atoms with Gasteiger partial charge >= 0.3 is 14.5 Å². The summed E-state index contributed by atoms with van der Waals surface area (Å²) in [6.45, 7) is 12.4. The Hall–Kier alpha value is -0.653. The van der Waals surface area contributed by atoms with Gasteiger partial charge in [-0.05, 0) is 26.8 Å². The topological polar surface area (TPSA) is 44.8 Å². The van der Waals surface area contributed by atoms with Crippen LogP contribution in [0.3, 0.4) is 0 Å². The Balaban J connectivity index is 4.79. The number of esters is 1. The maximum absolute atomic E-state index is 11.3. The lowest BCUT2D eigenvalue weighted by Gasteiger charge is -2.33. The number of hydrogen-bond donors (Lipinski definition) is 0. The Kier molecular flexibility index (Phi) is 8.12. The number of hydrogen-bond acceptors (Lipinski definition) is 4. The van der Waals surface area contributed by atoms with Gasteiger partial charge in [-0.25, -0.2) is 4.79 Å². The fraction of sp³-hybridized carbons (Fsp3) is 0.750. The molecule has 0 N–H and O–H groups in total. The van der Waals surface area contributed by atoms with E-state index in [0.717, 1.165) is 12.8 Å². The average molecular weight is 260 g/mol. The van der Waals surface area contributed by atoms with E-state index in [2.05, 4.69) is 6.58 Å². The van der Waals surface area contributed by atoms with Gasteiger partial charge in [0.1, 0.15) is 5.73 Å². The highest BCUT2D eigenvalue weighted by Crippen LogP contribution is 2.20. The molecule has 5 heteroatoms. The Morgan fingerprint density at radius 2 is 1.82 bits per heavy atom. The van der Waals surface area contributed by atoms with Crippen molar-refractivity contribution >= 4 is 14.5 Å². The number of rotatable bonds is 9. The number of carbonyl (C=O) groups is 1. The van der Waals surface area contributed by atoms with Crippen LogP contribution in [0.1, 0.15) is 33.6 Å². The molecule has 17 heavy (non-hydrogen) atoms. The van der Waals surface area contributed by atoms with Crippen LogP contribution < -0.4 is 0 Å². The molecule has 1 unspecified atom stereocenters. The summed E-state index contributed by atoms with van der Waals surface area (Å²) >= 11 is 0. The fourth-order valence-electron chi connectivity index (χ4n) is 1.68. The van der Waals surface area contributed by atoms with Gasteiger partial charge in [0.25, 0.3) is 0 Å². The second-order valence-corrected chi connectivity index (χ2v) is 7.05. The summed E-state index contributed by atoms with van der Waals surface area (Å²) in [5.74, 6) is -0.415. The first-order valence-corrected chi connectivity index (χ1v) is 8.54. The predicted molar refractivity (Wildman–Crippen MR) is 69.9 cm³/mol. The van der Waals surface area contributed by atoms with Crippen molar-refractivity contribution in [2.24, 2.45) is 0 Å². The third kappa shape index (κ3) is 5.47. The van der Waals surface area contributed by atoms with Crippen LogP contribution in [-0.2, 0) is 18.4 Å². The lowest BCUT2D eigenvalue weighted by Crippen LogP contribution is -2.52. The monoisotopic (exact) mass is 260 g/mol. The summed E-state index contributed by atoms with van der Waals surface area (Å²) < 4.78 is 16.8. The van der Waals surface area contributed by atoms with E-state index in [9.17, 15) is 4.79 Å². The molecule has 0 aromatic heterocycles. The van der Waals surface area contributed by atoms with Crippen LogP contribution in [0.25, 0.3) is 0 Å². The van der Waals surface area contributed by atoms with Crippen LogP contribution in [0.4, 0.5) is 0 Å². The lowest BCUT2D eigenvalue weighted by atomic mass is 10.3. The van der Waals surface area contributed by atoms with Crippen molar-refractivity contribution in [1.82, 2.24) is 0 Å². The van der Waals surface area contributed by atoms with Crippen LogP contribution in [0.5, 0.6) is 0 Å². The molecule has 0 aliphatic rings. The molecule has 0 heterocycles. The van der Waals surface area contributed by atoms with E-state index >= 15 is 0 Å². The van der Waals surface area contributed by atoms with Crippen LogP contribution in [0.2, 0.25) is 6.55 Å². The molecule has 0 fully saturated rings. The van der Waals surface area contributed by atoms with Crippen LogP contribution in [0, 0.1) is 0 Å². The highest BCUT2D eigenvalue weighted by atomic mass is 28.4. The standard InChI is InChI=1S/C12H24O4Si/c1-6-10-12(16-11(13)7-2)17(5,14-8-3)15-9-4/h7,12H,2,6,8-10H2,1,3-5H3. The smallest absolute Gasteiger partial charge is 0.377 e. The maximum atomic E-state index is 11.3. The molecule has 0 aromatic rings. The van der Waals surface area contributed by atoms with E-state index in [1.165, 1.54) is 6.08 Å². The molecule has 1 atom stereocenters. The summed E-state index contributed by atoms with van der Waals surface area (Å²) in [5, 5.41) is 0. The Bertz CT molecular complexity index is 237. The molecule has 0 aromatic carbocycles. The molecular weight excluding hydrogens is 236 g/mol. The van der Waals surface area contributed by atoms with Crippen LogP contribution >= 0.6 is 0 Å². The first kappa shape index (κ1) is 16.3. The van der Waals surface area contributed by atoms with Gasteiger partial charge in [-0.2, -0.15) is 0 Å². The van der Waals surface area contributed by atoms with E-state index in [-0.39, 0.29) is 5.73 Å². The second-order valence-electron chi connectivity index (χ2n) is 3.80. The van der Waals surface area contributed by atoms with Crippen molar-refractivity contribution in [3.05, 3.63) is 12.7 Å². The third-order valence-corrected chi connectivity index (χ3v) is 5.72. The number of ether oxygens (including phenoxy) is 1. The molecule has 0 bridgehead atoms. The molecule has 0 saturated carbocycles. The van der Waals surface area contributed by atoms with Crippen LogP contribution in [0.15, 0.2) is 12.7 Å².